The van der Waals surface area contributed by atoms with E-state index in [9.17, 15) is 0 Å². The van der Waals surface area contributed by atoms with Gasteiger partial charge in [0, 0.05) is 5.56 Å². The topological polar surface area (TPSA) is 9.23 Å². The predicted octanol–water partition coefficient (Wildman–Crippen LogP) is 5.51. The SMILES string of the molecule is CCOc1ccc2c(c1-c1cccc3c1CCCC3)CCCC2. The van der Waals surface area contributed by atoms with Crippen LogP contribution in [-0.2, 0) is 25.7 Å². The van der Waals surface area contributed by atoms with Gasteiger partial charge in [0.1, 0.15) is 5.75 Å². The Morgan fingerprint density at radius 1 is 0.783 bits per heavy atom. The van der Waals surface area contributed by atoms with Crippen molar-refractivity contribution in [1.82, 2.24) is 0 Å². The van der Waals surface area contributed by atoms with Gasteiger partial charge in [-0.15, -0.1) is 0 Å². The molecule has 0 heterocycles. The van der Waals surface area contributed by atoms with Crippen molar-refractivity contribution in [3.8, 4) is 16.9 Å². The predicted molar refractivity (Wildman–Crippen MR) is 96.3 cm³/mol. The van der Waals surface area contributed by atoms with E-state index >= 15 is 0 Å². The summed E-state index contributed by atoms with van der Waals surface area (Å²) in [6.07, 6.45) is 10.2. The van der Waals surface area contributed by atoms with E-state index in [1.807, 2.05) is 0 Å². The first kappa shape index (κ1) is 14.8. The van der Waals surface area contributed by atoms with Crippen LogP contribution >= 0.6 is 0 Å². The second-order valence-corrected chi connectivity index (χ2v) is 6.87. The minimum absolute atomic E-state index is 0.737. The maximum atomic E-state index is 6.05. The second kappa shape index (κ2) is 6.39. The monoisotopic (exact) mass is 306 g/mol. The quantitative estimate of drug-likeness (QED) is 0.726. The number of hydrogen-bond donors (Lipinski definition) is 0. The maximum Gasteiger partial charge on any atom is 0.127 e. The van der Waals surface area contributed by atoms with Gasteiger partial charge in [-0.25, -0.2) is 0 Å². The van der Waals surface area contributed by atoms with Crippen molar-refractivity contribution in [2.24, 2.45) is 0 Å². The minimum Gasteiger partial charge on any atom is -0.493 e. The summed E-state index contributed by atoms with van der Waals surface area (Å²) >= 11 is 0. The fraction of sp³-hybridized carbons (Fsp3) is 0.455. The molecule has 2 aromatic carbocycles. The zero-order chi connectivity index (χ0) is 15.6. The molecule has 0 N–H and O–H groups in total. The molecule has 0 aromatic heterocycles. The molecule has 0 atom stereocenters. The minimum atomic E-state index is 0.737. The molecule has 0 bridgehead atoms. The van der Waals surface area contributed by atoms with E-state index < -0.39 is 0 Å². The third-order valence-corrected chi connectivity index (χ3v) is 5.46. The van der Waals surface area contributed by atoms with Crippen LogP contribution in [0.3, 0.4) is 0 Å². The molecule has 120 valence electrons. The number of benzene rings is 2. The molecule has 0 aliphatic heterocycles. The lowest BCUT2D eigenvalue weighted by Gasteiger charge is -2.26. The highest BCUT2D eigenvalue weighted by Gasteiger charge is 2.22. The molecule has 0 saturated heterocycles. The largest absolute Gasteiger partial charge is 0.493 e. The van der Waals surface area contributed by atoms with Crippen LogP contribution in [0.1, 0.15) is 54.9 Å². The normalized spacial score (nSPS) is 16.6. The first-order valence-corrected chi connectivity index (χ1v) is 9.27. The molecule has 1 heteroatoms. The Hall–Kier alpha value is -1.76. The summed E-state index contributed by atoms with van der Waals surface area (Å²) < 4.78 is 6.05. The number of ether oxygens (including phenoxy) is 1. The third-order valence-electron chi connectivity index (χ3n) is 5.46. The summed E-state index contributed by atoms with van der Waals surface area (Å²) in [6.45, 7) is 2.82. The molecular weight excluding hydrogens is 280 g/mol. The van der Waals surface area contributed by atoms with Crippen LogP contribution in [0.2, 0.25) is 0 Å². The highest BCUT2D eigenvalue weighted by molar-refractivity contribution is 5.79. The van der Waals surface area contributed by atoms with Crippen molar-refractivity contribution >= 4 is 0 Å². The van der Waals surface area contributed by atoms with Crippen LogP contribution < -0.4 is 4.74 Å². The van der Waals surface area contributed by atoms with Crippen molar-refractivity contribution in [2.75, 3.05) is 6.61 Å². The zero-order valence-corrected chi connectivity index (χ0v) is 14.2. The van der Waals surface area contributed by atoms with Crippen LogP contribution in [0.5, 0.6) is 5.75 Å². The van der Waals surface area contributed by atoms with E-state index in [1.54, 1.807) is 22.3 Å². The molecule has 0 amide bonds. The molecule has 1 nitrogen and oxygen atoms in total. The smallest absolute Gasteiger partial charge is 0.127 e. The van der Waals surface area contributed by atoms with Gasteiger partial charge in [-0.05, 0) is 92.2 Å². The summed E-state index contributed by atoms with van der Waals surface area (Å²) in [7, 11) is 0. The average Bonchev–Trinajstić information content (AvgIpc) is 2.61. The van der Waals surface area contributed by atoms with Gasteiger partial charge in [-0.3, -0.25) is 0 Å². The highest BCUT2D eigenvalue weighted by atomic mass is 16.5. The number of hydrogen-bond acceptors (Lipinski definition) is 1. The molecule has 2 aromatic rings. The van der Waals surface area contributed by atoms with Crippen molar-refractivity contribution < 1.29 is 4.74 Å². The molecule has 0 spiro atoms. The van der Waals surface area contributed by atoms with E-state index in [1.165, 1.54) is 62.5 Å². The van der Waals surface area contributed by atoms with Crippen molar-refractivity contribution in [3.05, 3.63) is 52.6 Å². The Balaban J connectivity index is 1.94. The molecule has 0 radical (unpaired) electrons. The molecule has 2 aliphatic carbocycles. The summed E-state index contributed by atoms with van der Waals surface area (Å²) in [5, 5.41) is 0. The Morgan fingerprint density at radius 3 is 2.26 bits per heavy atom. The third kappa shape index (κ3) is 2.67. The van der Waals surface area contributed by atoms with Crippen LogP contribution in [0.15, 0.2) is 30.3 Å². The molecule has 4 rings (SSSR count). The lowest BCUT2D eigenvalue weighted by Crippen LogP contribution is -2.10. The Morgan fingerprint density at radius 2 is 1.48 bits per heavy atom. The van der Waals surface area contributed by atoms with Crippen LogP contribution in [-0.4, -0.2) is 6.61 Å². The van der Waals surface area contributed by atoms with E-state index in [2.05, 4.69) is 37.3 Å². The summed E-state index contributed by atoms with van der Waals surface area (Å²) in [5.41, 5.74) is 9.10. The van der Waals surface area contributed by atoms with E-state index in [4.69, 9.17) is 4.74 Å². The van der Waals surface area contributed by atoms with Gasteiger partial charge in [-0.2, -0.15) is 0 Å². The van der Waals surface area contributed by atoms with Gasteiger partial charge in [-0.1, -0.05) is 24.3 Å². The molecule has 0 unspecified atom stereocenters. The van der Waals surface area contributed by atoms with Gasteiger partial charge in [0.15, 0.2) is 0 Å². The van der Waals surface area contributed by atoms with Crippen LogP contribution in [0.4, 0.5) is 0 Å². The summed E-state index contributed by atoms with van der Waals surface area (Å²) in [4.78, 5) is 0. The van der Waals surface area contributed by atoms with Gasteiger partial charge < -0.3 is 4.74 Å². The second-order valence-electron chi connectivity index (χ2n) is 6.87. The lowest BCUT2D eigenvalue weighted by atomic mass is 9.80. The molecule has 0 fully saturated rings. The van der Waals surface area contributed by atoms with E-state index in [0.29, 0.717) is 0 Å². The fourth-order valence-corrected chi connectivity index (χ4v) is 4.39. The molecule has 2 aliphatic rings. The van der Waals surface area contributed by atoms with E-state index in [0.717, 1.165) is 12.4 Å². The number of aryl methyl sites for hydroxylation is 2. The highest BCUT2D eigenvalue weighted by Crippen LogP contribution is 2.42. The molecule has 0 saturated carbocycles. The van der Waals surface area contributed by atoms with Crippen LogP contribution in [0, 0.1) is 0 Å². The van der Waals surface area contributed by atoms with Crippen molar-refractivity contribution in [2.45, 2.75) is 58.3 Å². The molecule has 23 heavy (non-hydrogen) atoms. The summed E-state index contributed by atoms with van der Waals surface area (Å²) in [6, 6.07) is 11.4. The number of rotatable bonds is 3. The van der Waals surface area contributed by atoms with Gasteiger partial charge in [0.25, 0.3) is 0 Å². The Labute approximate surface area is 139 Å². The Kier molecular flexibility index (Phi) is 4.11. The van der Waals surface area contributed by atoms with E-state index in [-0.39, 0.29) is 0 Å². The van der Waals surface area contributed by atoms with Crippen LogP contribution in [0.25, 0.3) is 11.1 Å². The number of fused-ring (bicyclic) bond motifs is 2. The maximum absolute atomic E-state index is 6.05. The first-order chi connectivity index (χ1) is 11.4. The fourth-order valence-electron chi connectivity index (χ4n) is 4.39. The molecular formula is C22H26O. The first-order valence-electron chi connectivity index (χ1n) is 9.27. The van der Waals surface area contributed by atoms with Gasteiger partial charge >= 0.3 is 0 Å². The van der Waals surface area contributed by atoms with Gasteiger partial charge in [0.2, 0.25) is 0 Å². The average molecular weight is 306 g/mol. The van der Waals surface area contributed by atoms with Crippen molar-refractivity contribution in [1.29, 1.82) is 0 Å². The standard InChI is InChI=1S/C22H26O/c1-2-23-21-15-14-17-9-4-6-12-19(17)22(21)20-13-7-10-16-8-3-5-11-18(16)20/h7,10,13-15H,2-6,8-9,11-12H2,1H3. The lowest BCUT2D eigenvalue weighted by molar-refractivity contribution is 0.341. The zero-order valence-electron chi connectivity index (χ0n) is 14.2. The van der Waals surface area contributed by atoms with Gasteiger partial charge in [0.05, 0.1) is 6.61 Å². The summed E-state index contributed by atoms with van der Waals surface area (Å²) in [5.74, 6) is 1.09. The van der Waals surface area contributed by atoms with Crippen molar-refractivity contribution in [3.63, 3.8) is 0 Å². The Bertz CT molecular complexity index is 714.